The molecule has 0 atom stereocenters. The zero-order valence-electron chi connectivity index (χ0n) is 5.42. The first-order chi connectivity index (χ1) is 5.20. The molecule has 0 saturated heterocycles. The van der Waals surface area contributed by atoms with Crippen LogP contribution in [0, 0.1) is 75.1 Å². The van der Waals surface area contributed by atoms with Crippen molar-refractivity contribution < 1.29 is 44.4 Å². The number of rotatable bonds is 0. The van der Waals surface area contributed by atoms with Crippen molar-refractivity contribution in [2.45, 2.75) is 0 Å². The molecular weight excluding hydrogens is 430 g/mol. The van der Waals surface area contributed by atoms with Gasteiger partial charge in [-0.25, -0.2) is 0 Å². The molecule has 0 bridgehead atoms. The van der Waals surface area contributed by atoms with Gasteiger partial charge in [0.25, 0.3) is 0 Å². The Morgan fingerprint density at radius 1 is 0.538 bits per heavy atom. The summed E-state index contributed by atoms with van der Waals surface area (Å²) < 4.78 is 0. The molecule has 0 amide bonds. The van der Waals surface area contributed by atoms with Gasteiger partial charge in [-0.3, -0.25) is 0 Å². The smallest absolute Gasteiger partial charge is 0.0689 e. The third kappa shape index (κ3) is 391. The third-order valence-corrected chi connectivity index (χ3v) is 0. The summed E-state index contributed by atoms with van der Waals surface area (Å²) in [5, 5.41) is 44.2. The average molecular weight is 430 g/mol. The van der Waals surface area contributed by atoms with E-state index in [2.05, 4.69) is 0 Å². The van der Waals surface area contributed by atoms with Crippen molar-refractivity contribution in [3.8, 4) is 0 Å². The van der Waals surface area contributed by atoms with E-state index in [0.717, 1.165) is 0 Å². The second-order valence-corrected chi connectivity index (χ2v) is 0.671. The van der Waals surface area contributed by atoms with E-state index in [0.29, 0.717) is 0 Å². The molecule has 13 heavy (non-hydrogen) atoms. The molecular formula is N3O9Pu-3. The van der Waals surface area contributed by atoms with Gasteiger partial charge in [-0.15, -0.1) is 0 Å². The molecule has 0 heterocycles. The molecule has 0 unspecified atom stereocenters. The van der Waals surface area contributed by atoms with Crippen LogP contribution in [-0.4, -0.2) is 15.3 Å². The molecule has 0 spiro atoms. The zero-order valence-corrected chi connectivity index (χ0v) is 8.82. The first-order valence-electron chi connectivity index (χ1n) is 1.64. The van der Waals surface area contributed by atoms with Gasteiger partial charge in [0.2, 0.25) is 0 Å². The third-order valence-electron chi connectivity index (χ3n) is 0. The van der Waals surface area contributed by atoms with Crippen LogP contribution in [0.25, 0.3) is 0 Å². The van der Waals surface area contributed by atoms with E-state index in [1.165, 1.54) is 0 Å². The van der Waals surface area contributed by atoms with Gasteiger partial charge >= 0.3 is 0 Å². The normalized spacial score (nSPS) is 5.54. The molecule has 0 aliphatic heterocycles. The summed E-state index contributed by atoms with van der Waals surface area (Å²) in [6.45, 7) is 0. The van der Waals surface area contributed by atoms with Crippen LogP contribution in [0.3, 0.4) is 0 Å². The minimum atomic E-state index is -1.75. The first-order valence-corrected chi connectivity index (χ1v) is 1.64. The van der Waals surface area contributed by atoms with Crippen molar-refractivity contribution in [1.82, 2.24) is 0 Å². The minimum absolute atomic E-state index is 0. The summed E-state index contributed by atoms with van der Waals surface area (Å²) in [5.41, 5.74) is 0. The Balaban J connectivity index is -0.0000000450. The molecule has 0 radical (unpaired) electrons. The Labute approximate surface area is 90.6 Å². The molecule has 0 aromatic rings. The molecule has 0 fully saturated rings. The van der Waals surface area contributed by atoms with E-state index in [1.54, 1.807) is 0 Å². The summed E-state index contributed by atoms with van der Waals surface area (Å²) >= 11 is 0. The zero-order chi connectivity index (χ0) is 10.7. The standard InChI is InChI=1S/3NO3.Pu/c3*2-1(3)4;/q3*-1;. The Kier molecular flexibility index (Phi) is 29.3. The van der Waals surface area contributed by atoms with E-state index >= 15 is 0 Å². The fourth-order valence-electron chi connectivity index (χ4n) is 0. The number of hydrogen-bond acceptors (Lipinski definition) is 9. The van der Waals surface area contributed by atoms with Crippen LogP contribution < -0.4 is 0 Å². The van der Waals surface area contributed by atoms with Gasteiger partial charge < -0.3 is 46.0 Å². The predicted octanol–water partition coefficient (Wildman–Crippen LogP) is -0.717. The van der Waals surface area contributed by atoms with Crippen LogP contribution in [0.15, 0.2) is 0 Å². The summed E-state index contributed by atoms with van der Waals surface area (Å²) in [5.74, 6) is 0. The van der Waals surface area contributed by atoms with Gasteiger partial charge in [-0.2, -0.15) is 0 Å². The average Bonchev–Trinajstić information content (AvgIpc) is 1.54. The molecule has 12 nitrogen and oxygen atoms in total. The quantitative estimate of drug-likeness (QED) is 0.351. The first kappa shape index (κ1) is 22.6. The molecule has 13 heteroatoms. The van der Waals surface area contributed by atoms with E-state index in [1.807, 2.05) is 0 Å². The van der Waals surface area contributed by atoms with E-state index in [-0.39, 0.29) is 29.2 Å². The maximum atomic E-state index is 8.25. The van der Waals surface area contributed by atoms with Crippen LogP contribution >= 0.6 is 0 Å². The molecule has 78 valence electrons. The van der Waals surface area contributed by atoms with Gasteiger partial charge in [-0.1, -0.05) is 0 Å². The predicted molar refractivity (Wildman–Crippen MR) is 31.1 cm³/mol. The summed E-state index contributed by atoms with van der Waals surface area (Å²) in [7, 11) is 0. The Morgan fingerprint density at radius 3 is 0.538 bits per heavy atom. The molecule has 0 aliphatic carbocycles. The van der Waals surface area contributed by atoms with Crippen molar-refractivity contribution in [2.75, 3.05) is 0 Å². The largest absolute Gasteiger partial charge is 0.356 e. The van der Waals surface area contributed by atoms with Crippen LogP contribution in [0.2, 0.25) is 0 Å². The van der Waals surface area contributed by atoms with Gasteiger partial charge in [0.05, 0.1) is 15.3 Å². The van der Waals surface area contributed by atoms with E-state index in [9.17, 15) is 0 Å². The van der Waals surface area contributed by atoms with Crippen molar-refractivity contribution in [2.24, 2.45) is 0 Å². The van der Waals surface area contributed by atoms with Crippen LogP contribution in [0.1, 0.15) is 0 Å². The summed E-state index contributed by atoms with van der Waals surface area (Å²) in [4.78, 5) is 24.8. The SMILES string of the molecule is O=[N+]([O-])[O-].O=[N+]([O-])[O-].O=[N+]([O-])[O-].[Pu]. The van der Waals surface area contributed by atoms with Crippen molar-refractivity contribution in [1.29, 1.82) is 0 Å². The van der Waals surface area contributed by atoms with Crippen LogP contribution in [0.4, 0.5) is 0 Å². The Hall–Kier alpha value is -1.41. The van der Waals surface area contributed by atoms with E-state index in [4.69, 9.17) is 46.0 Å². The maximum absolute atomic E-state index is 8.25. The minimum Gasteiger partial charge on any atom is -0.356 e. The van der Waals surface area contributed by atoms with Crippen molar-refractivity contribution >= 4 is 0 Å². The monoisotopic (exact) mass is 424 g/mol. The Bertz CT molecular complexity index is 112. The van der Waals surface area contributed by atoms with Gasteiger partial charge in [0.1, 0.15) is 0 Å². The molecule has 0 aromatic heterocycles. The maximum Gasteiger partial charge on any atom is 0.0689 e. The molecule has 0 saturated carbocycles. The topological polar surface area (TPSA) is 199 Å². The van der Waals surface area contributed by atoms with E-state index < -0.39 is 15.3 Å². The number of hydrogen-bond donors (Lipinski definition) is 0. The van der Waals surface area contributed by atoms with Crippen LogP contribution in [0.5, 0.6) is 0 Å². The van der Waals surface area contributed by atoms with Crippen molar-refractivity contribution in [3.05, 3.63) is 46.0 Å². The molecule has 0 rings (SSSR count). The fourth-order valence-corrected chi connectivity index (χ4v) is 0. The van der Waals surface area contributed by atoms with Gasteiger partial charge in [0.15, 0.2) is 0 Å². The van der Waals surface area contributed by atoms with Gasteiger partial charge in [0, 0.05) is 29.2 Å². The number of nitrogens with zero attached hydrogens (tertiary/aromatic N) is 3. The van der Waals surface area contributed by atoms with Gasteiger partial charge in [-0.05, 0) is 0 Å². The van der Waals surface area contributed by atoms with Crippen molar-refractivity contribution in [3.63, 3.8) is 0 Å². The molecule has 0 aromatic carbocycles. The summed E-state index contributed by atoms with van der Waals surface area (Å²) in [6, 6.07) is 0. The fraction of sp³-hybridized carbons (Fsp3) is 0. The second-order valence-electron chi connectivity index (χ2n) is 0.671. The second kappa shape index (κ2) is 16.9. The molecule has 0 aliphatic rings. The van der Waals surface area contributed by atoms with Crippen LogP contribution in [-0.2, 0) is 0 Å². The summed E-state index contributed by atoms with van der Waals surface area (Å²) in [6.07, 6.45) is 0. The Morgan fingerprint density at radius 2 is 0.538 bits per heavy atom. The molecule has 0 N–H and O–H groups in total.